The van der Waals surface area contributed by atoms with Gasteiger partial charge in [0.25, 0.3) is 5.91 Å². The van der Waals surface area contributed by atoms with Crippen molar-refractivity contribution in [1.29, 1.82) is 0 Å². The molecule has 0 heterocycles. The molecule has 0 unspecified atom stereocenters. The van der Waals surface area contributed by atoms with E-state index >= 15 is 0 Å². The molecule has 4 nitrogen and oxygen atoms in total. The van der Waals surface area contributed by atoms with Crippen LogP contribution in [0.1, 0.15) is 15.9 Å². The lowest BCUT2D eigenvalue weighted by atomic mass is 10.1. The van der Waals surface area contributed by atoms with E-state index in [0.717, 1.165) is 11.8 Å². The van der Waals surface area contributed by atoms with E-state index < -0.39 is 15.7 Å². The predicted molar refractivity (Wildman–Crippen MR) is 92.1 cm³/mol. The van der Waals surface area contributed by atoms with Crippen LogP contribution in [0.3, 0.4) is 0 Å². The van der Waals surface area contributed by atoms with Gasteiger partial charge >= 0.3 is 0 Å². The van der Waals surface area contributed by atoms with Crippen molar-refractivity contribution in [3.8, 4) is 0 Å². The third kappa shape index (κ3) is 4.96. The molecular weight excluding hydrogens is 357 g/mol. The number of hydrogen-bond donors (Lipinski definition) is 1. The van der Waals surface area contributed by atoms with Gasteiger partial charge in [-0.25, -0.2) is 8.42 Å². The van der Waals surface area contributed by atoms with Gasteiger partial charge in [0.15, 0.2) is 9.84 Å². The number of rotatable bonds is 5. The van der Waals surface area contributed by atoms with Crippen LogP contribution >= 0.6 is 23.2 Å². The summed E-state index contributed by atoms with van der Waals surface area (Å²) in [7, 11) is -3.40. The zero-order valence-electron chi connectivity index (χ0n) is 12.3. The molecule has 0 fully saturated rings. The molecule has 0 aliphatic heterocycles. The number of sulfone groups is 1. The molecule has 0 atom stereocenters. The summed E-state index contributed by atoms with van der Waals surface area (Å²) in [5, 5.41) is 3.57. The summed E-state index contributed by atoms with van der Waals surface area (Å²) >= 11 is 11.9. The van der Waals surface area contributed by atoms with Crippen LogP contribution in [0.5, 0.6) is 0 Å². The van der Waals surface area contributed by atoms with Gasteiger partial charge in [0.1, 0.15) is 0 Å². The van der Waals surface area contributed by atoms with E-state index in [9.17, 15) is 13.2 Å². The van der Waals surface area contributed by atoms with Gasteiger partial charge in [-0.15, -0.1) is 0 Å². The van der Waals surface area contributed by atoms with Gasteiger partial charge in [-0.1, -0.05) is 35.3 Å². The van der Waals surface area contributed by atoms with Crippen LogP contribution in [0.2, 0.25) is 10.0 Å². The number of nitrogens with one attached hydrogen (secondary N) is 1. The van der Waals surface area contributed by atoms with Gasteiger partial charge in [0.05, 0.1) is 15.5 Å². The quantitative estimate of drug-likeness (QED) is 0.875. The standard InChI is InChI=1S/C16H15Cl2NO3S/c1-23(21,22)13-5-6-15(18)14(10-13)16(20)19-8-7-11-3-2-4-12(17)9-11/h2-6,9-10H,7-8H2,1H3,(H,19,20). The van der Waals surface area contributed by atoms with Crippen LogP contribution < -0.4 is 5.32 Å². The van der Waals surface area contributed by atoms with Crippen LogP contribution in [-0.2, 0) is 16.3 Å². The second kappa shape index (κ2) is 7.34. The number of benzene rings is 2. The van der Waals surface area contributed by atoms with Crippen LogP contribution in [-0.4, -0.2) is 27.1 Å². The first kappa shape index (κ1) is 17.8. The van der Waals surface area contributed by atoms with E-state index in [1.807, 2.05) is 18.2 Å². The van der Waals surface area contributed by atoms with E-state index in [2.05, 4.69) is 5.32 Å². The first-order chi connectivity index (χ1) is 10.8. The molecule has 2 aromatic rings. The van der Waals surface area contributed by atoms with Gasteiger partial charge in [-0.2, -0.15) is 0 Å². The third-order valence-electron chi connectivity index (χ3n) is 3.20. The van der Waals surface area contributed by atoms with Crippen LogP contribution in [0, 0.1) is 0 Å². The van der Waals surface area contributed by atoms with E-state index in [0.29, 0.717) is 18.0 Å². The Morgan fingerprint density at radius 2 is 1.87 bits per heavy atom. The number of halogens is 2. The van der Waals surface area contributed by atoms with Gasteiger partial charge in [-0.05, 0) is 42.3 Å². The first-order valence-corrected chi connectivity index (χ1v) is 9.44. The lowest BCUT2D eigenvalue weighted by Gasteiger charge is -2.08. The summed E-state index contributed by atoms with van der Waals surface area (Å²) < 4.78 is 23.1. The second-order valence-electron chi connectivity index (χ2n) is 5.05. The Kier molecular flexibility index (Phi) is 5.68. The molecule has 1 amide bonds. The normalized spacial score (nSPS) is 11.3. The Balaban J connectivity index is 2.06. The van der Waals surface area contributed by atoms with Crippen molar-refractivity contribution < 1.29 is 13.2 Å². The van der Waals surface area contributed by atoms with E-state index in [-0.39, 0.29) is 15.5 Å². The summed E-state index contributed by atoms with van der Waals surface area (Å²) in [6.07, 6.45) is 1.69. The Morgan fingerprint density at radius 1 is 1.13 bits per heavy atom. The minimum absolute atomic E-state index is 0.0573. The molecule has 122 valence electrons. The van der Waals surface area contributed by atoms with Gasteiger partial charge in [-0.3, -0.25) is 4.79 Å². The lowest BCUT2D eigenvalue weighted by molar-refractivity contribution is 0.0954. The molecule has 0 bridgehead atoms. The van der Waals surface area contributed by atoms with Crippen molar-refractivity contribution in [3.05, 3.63) is 63.6 Å². The molecule has 2 rings (SSSR count). The highest BCUT2D eigenvalue weighted by molar-refractivity contribution is 7.90. The highest BCUT2D eigenvalue weighted by Crippen LogP contribution is 2.20. The summed E-state index contributed by atoms with van der Waals surface area (Å²) in [5.74, 6) is -0.414. The number of amides is 1. The molecule has 23 heavy (non-hydrogen) atoms. The van der Waals surface area contributed by atoms with E-state index in [4.69, 9.17) is 23.2 Å². The summed E-state index contributed by atoms with van der Waals surface area (Å²) in [6.45, 7) is 0.388. The van der Waals surface area contributed by atoms with Crippen molar-refractivity contribution in [2.45, 2.75) is 11.3 Å². The zero-order valence-corrected chi connectivity index (χ0v) is 14.7. The fraction of sp³-hybridized carbons (Fsp3) is 0.188. The average Bonchev–Trinajstić information content (AvgIpc) is 2.46. The maximum Gasteiger partial charge on any atom is 0.252 e. The fourth-order valence-electron chi connectivity index (χ4n) is 2.02. The third-order valence-corrected chi connectivity index (χ3v) is 4.87. The van der Waals surface area contributed by atoms with Crippen molar-refractivity contribution in [2.24, 2.45) is 0 Å². The fourth-order valence-corrected chi connectivity index (χ4v) is 3.08. The SMILES string of the molecule is CS(=O)(=O)c1ccc(Cl)c(C(=O)NCCc2cccc(Cl)c2)c1. The molecule has 2 aromatic carbocycles. The zero-order chi connectivity index (χ0) is 17.0. The minimum atomic E-state index is -3.40. The summed E-state index contributed by atoms with van der Waals surface area (Å²) in [6, 6.07) is 11.4. The molecular formula is C16H15Cl2NO3S. The number of carbonyl (C=O) groups is 1. The smallest absolute Gasteiger partial charge is 0.252 e. The molecule has 0 aliphatic rings. The molecule has 7 heteroatoms. The lowest BCUT2D eigenvalue weighted by Crippen LogP contribution is -2.26. The average molecular weight is 372 g/mol. The van der Waals surface area contributed by atoms with Crippen molar-refractivity contribution in [2.75, 3.05) is 12.8 Å². The summed E-state index contributed by atoms with van der Waals surface area (Å²) in [5.41, 5.74) is 1.13. The Labute approximate surface area is 145 Å². The van der Waals surface area contributed by atoms with Gasteiger partial charge < -0.3 is 5.32 Å². The minimum Gasteiger partial charge on any atom is -0.352 e. The molecule has 0 aliphatic carbocycles. The van der Waals surface area contributed by atoms with Crippen LogP contribution in [0.25, 0.3) is 0 Å². The maximum atomic E-state index is 12.2. The topological polar surface area (TPSA) is 63.2 Å². The molecule has 0 saturated heterocycles. The first-order valence-electron chi connectivity index (χ1n) is 6.79. The highest BCUT2D eigenvalue weighted by Gasteiger charge is 2.15. The van der Waals surface area contributed by atoms with E-state index in [1.54, 1.807) is 6.07 Å². The molecule has 0 spiro atoms. The Hall–Kier alpha value is -1.56. The molecule has 0 aromatic heterocycles. The molecule has 1 N–H and O–H groups in total. The largest absolute Gasteiger partial charge is 0.352 e. The number of hydrogen-bond acceptors (Lipinski definition) is 3. The maximum absolute atomic E-state index is 12.2. The van der Waals surface area contributed by atoms with Crippen LogP contribution in [0.15, 0.2) is 47.4 Å². The van der Waals surface area contributed by atoms with Crippen molar-refractivity contribution in [1.82, 2.24) is 5.32 Å². The van der Waals surface area contributed by atoms with Crippen LogP contribution in [0.4, 0.5) is 0 Å². The Bertz CT molecular complexity index is 835. The number of carbonyl (C=O) groups excluding carboxylic acids is 1. The second-order valence-corrected chi connectivity index (χ2v) is 7.91. The van der Waals surface area contributed by atoms with Gasteiger partial charge in [0, 0.05) is 17.8 Å². The predicted octanol–water partition coefficient (Wildman–Crippen LogP) is 3.37. The van der Waals surface area contributed by atoms with E-state index in [1.165, 1.54) is 18.2 Å². The van der Waals surface area contributed by atoms with Crippen molar-refractivity contribution >= 4 is 38.9 Å². The summed E-state index contributed by atoms with van der Waals surface area (Å²) in [4.78, 5) is 12.2. The highest BCUT2D eigenvalue weighted by atomic mass is 35.5. The molecule has 0 saturated carbocycles. The van der Waals surface area contributed by atoms with Crippen molar-refractivity contribution in [3.63, 3.8) is 0 Å². The monoisotopic (exact) mass is 371 g/mol. The Morgan fingerprint density at radius 3 is 2.52 bits per heavy atom. The van der Waals surface area contributed by atoms with Gasteiger partial charge in [0.2, 0.25) is 0 Å². The molecule has 0 radical (unpaired) electrons.